The van der Waals surface area contributed by atoms with Gasteiger partial charge >= 0.3 is 0 Å². The van der Waals surface area contributed by atoms with E-state index in [0.29, 0.717) is 47.3 Å². The highest BCUT2D eigenvalue weighted by molar-refractivity contribution is 5.10. The number of rotatable bonds is 31. The highest BCUT2D eigenvalue weighted by atomic mass is 19.3. The van der Waals surface area contributed by atoms with Gasteiger partial charge in [-0.2, -0.15) is 0 Å². The molecule has 0 aromatic heterocycles. The van der Waals surface area contributed by atoms with Gasteiger partial charge in [-0.1, -0.05) is 437 Å². The summed E-state index contributed by atoms with van der Waals surface area (Å²) in [5, 5.41) is 0. The lowest BCUT2D eigenvalue weighted by Crippen LogP contribution is -2.21. The molecule has 0 aliphatic rings. The average molecular weight is 1660 g/mol. The Morgan fingerprint density at radius 2 is 0.405 bits per heavy atom. The van der Waals surface area contributed by atoms with Gasteiger partial charge in [-0.25, -0.2) is 35.1 Å². The molecular weight excluding hydrogens is 1450 g/mol. The first-order valence-corrected chi connectivity index (χ1v) is 45.7. The van der Waals surface area contributed by atoms with Crippen molar-refractivity contribution in [1.29, 1.82) is 0 Å². The topological polar surface area (TPSA) is 0 Å². The second-order valence-electron chi connectivity index (χ2n) is 39.9. The van der Waals surface area contributed by atoms with Gasteiger partial charge in [0.15, 0.2) is 0 Å². The summed E-state index contributed by atoms with van der Waals surface area (Å²) in [5.41, 5.74) is 7.57. The van der Waals surface area contributed by atoms with Gasteiger partial charge < -0.3 is 0 Å². The normalized spacial score (nSPS) is 13.3. The van der Waals surface area contributed by atoms with Crippen molar-refractivity contribution in [1.82, 2.24) is 0 Å². The molecule has 116 heavy (non-hydrogen) atoms. The predicted molar refractivity (Wildman–Crippen MR) is 523 cm³/mol. The van der Waals surface area contributed by atoms with Crippen LogP contribution in [0.1, 0.15) is 393 Å². The second kappa shape index (κ2) is 81.0. The molecule has 696 valence electrons. The first-order valence-electron chi connectivity index (χ1n) is 45.7. The number of alkyl halides is 8. The standard InChI is InChI=1S/2C10H18F2.2C10H20.2C9H16F2.4C9H18.C8H16.C6H12/c2*1-7(2)9(5)6-10(11,12)8(3)4;2*1-8(2)6-7-10(5)9(3)4;2*1-7(2)5-6-9(10,11)8(3)4;2*1-7(2)6-9(5)8(3)4;2*1-8(2)6-5-7-9(3)4;1-7(2)5-6-8(3)4;1-4-5-6(2)3/h2*6-8H,1-5H3;2*7-9H,6H2,1-5H3;2*5-8H,1-4H3;2*6-8H,1-5H3;2*5-6,8-9H,7H2,1-4H3;5-8H,1-4H3;4-6H,1-3H3/b9-6+;9-6-;10-7+;10-7-;6-5+;6-5-;9-6+;9-6-;6-5+;6-5-;6-5+;5-4-. The molecule has 0 heterocycles. The Bertz CT molecular complexity index is 2360. The van der Waals surface area contributed by atoms with Gasteiger partial charge in [0.2, 0.25) is 0 Å². The predicted octanol–water partition coefficient (Wildman–Crippen LogP) is 40.1. The summed E-state index contributed by atoms with van der Waals surface area (Å²) in [6.07, 6.45) is 39.3. The molecule has 0 nitrogen and oxygen atoms in total. The monoisotopic (exact) mass is 1660 g/mol. The summed E-state index contributed by atoms with van der Waals surface area (Å²) in [6, 6.07) is 0. The SMILES string of the molecule is C/C(=C/C(C)C)C(C)C.C/C(=C/C(F)(F)C(C)C)C(C)C.C/C(=C/CC(C)C)C(C)C.C/C(=C\C(C)C)C(C)C.C/C(=C\C(F)(F)C(C)C)C(C)C.C/C(=C\CC(C)C)C(C)C.C/C=C\C(C)C.CC(C)/C=C/C(C)C.CC(C)/C=C/C(F)(F)C(C)C.CC(C)/C=C/CC(C)C.CC(C)/C=C\C(F)(F)C(C)C.CC(C)/C=C\CC(C)C. The molecular formula is C108H208F8. The van der Waals surface area contributed by atoms with Gasteiger partial charge in [0, 0.05) is 23.7 Å². The number of hydrogen-bond acceptors (Lipinski definition) is 0. The molecule has 0 atom stereocenters. The maximum absolute atomic E-state index is 13.1. The Morgan fingerprint density at radius 1 is 0.216 bits per heavy atom. The van der Waals surface area contributed by atoms with Crippen molar-refractivity contribution in [3.05, 3.63) is 143 Å². The molecule has 0 fully saturated rings. The molecule has 0 aromatic carbocycles. The first-order chi connectivity index (χ1) is 52.1. The molecule has 0 saturated carbocycles. The van der Waals surface area contributed by atoms with E-state index in [9.17, 15) is 35.1 Å². The number of halogens is 8. The minimum Gasteiger partial charge on any atom is -0.202 e. The van der Waals surface area contributed by atoms with Crippen molar-refractivity contribution >= 4 is 0 Å². The van der Waals surface area contributed by atoms with E-state index in [1.165, 1.54) is 103 Å². The Labute approximate surface area is 726 Å². The average Bonchev–Trinajstić information content (AvgIpc) is 0.899. The van der Waals surface area contributed by atoms with Crippen molar-refractivity contribution < 1.29 is 35.1 Å². The molecule has 0 aliphatic carbocycles. The highest BCUT2D eigenvalue weighted by Crippen LogP contribution is 2.31. The van der Waals surface area contributed by atoms with E-state index in [0.717, 1.165) is 76.9 Å². The largest absolute Gasteiger partial charge is 0.268 e. The van der Waals surface area contributed by atoms with Crippen molar-refractivity contribution in [2.24, 2.45) is 136 Å². The van der Waals surface area contributed by atoms with Crippen molar-refractivity contribution in [2.45, 2.75) is 416 Å². The minimum atomic E-state index is -2.66. The highest BCUT2D eigenvalue weighted by Gasteiger charge is 2.32. The van der Waals surface area contributed by atoms with Crippen molar-refractivity contribution in [3.8, 4) is 0 Å². The van der Waals surface area contributed by atoms with Gasteiger partial charge in [-0.3, -0.25) is 0 Å². The number of hydrogen-bond donors (Lipinski definition) is 0. The van der Waals surface area contributed by atoms with E-state index in [1.807, 2.05) is 62.3 Å². The third-order valence-electron chi connectivity index (χ3n) is 17.5. The lowest BCUT2D eigenvalue weighted by molar-refractivity contribution is 0.00463. The molecule has 0 bridgehead atoms. The molecule has 0 aromatic rings. The molecule has 0 aliphatic heterocycles. The lowest BCUT2D eigenvalue weighted by Gasteiger charge is -2.18. The quantitative estimate of drug-likeness (QED) is 0.0479. The van der Waals surface area contributed by atoms with Gasteiger partial charge in [0.25, 0.3) is 23.7 Å². The van der Waals surface area contributed by atoms with Crippen LogP contribution in [0, 0.1) is 136 Å². The van der Waals surface area contributed by atoms with E-state index in [2.05, 4.69) is 308 Å². The Hall–Kier alpha value is -3.68. The van der Waals surface area contributed by atoms with Crippen LogP contribution < -0.4 is 0 Å². The molecule has 0 unspecified atom stereocenters. The first kappa shape index (κ1) is 138. The molecule has 0 rings (SSSR count). The van der Waals surface area contributed by atoms with Crippen LogP contribution in [0.3, 0.4) is 0 Å². The zero-order valence-corrected chi connectivity index (χ0v) is 87.5. The zero-order valence-electron chi connectivity index (χ0n) is 87.5. The van der Waals surface area contributed by atoms with Gasteiger partial charge in [-0.15, -0.1) is 0 Å². The summed E-state index contributed by atoms with van der Waals surface area (Å²) >= 11 is 0. The van der Waals surface area contributed by atoms with Crippen LogP contribution in [0.5, 0.6) is 0 Å². The molecule has 0 spiro atoms. The second-order valence-corrected chi connectivity index (χ2v) is 39.9. The summed E-state index contributed by atoms with van der Waals surface area (Å²) in [7, 11) is 0. The van der Waals surface area contributed by atoms with Gasteiger partial charge in [-0.05, 0) is 211 Å². The Balaban J connectivity index is -0.000000102. The van der Waals surface area contributed by atoms with E-state index in [4.69, 9.17) is 0 Å². The molecule has 0 N–H and O–H groups in total. The molecule has 0 saturated heterocycles. The van der Waals surface area contributed by atoms with Crippen LogP contribution in [0.25, 0.3) is 0 Å². The zero-order chi connectivity index (χ0) is 95.3. The van der Waals surface area contributed by atoms with Crippen LogP contribution in [-0.2, 0) is 0 Å². The van der Waals surface area contributed by atoms with E-state index in [1.54, 1.807) is 26.0 Å². The molecule has 8 heteroatoms. The van der Waals surface area contributed by atoms with E-state index in [-0.39, 0.29) is 23.7 Å². The van der Waals surface area contributed by atoms with E-state index < -0.39 is 47.4 Å². The van der Waals surface area contributed by atoms with Crippen LogP contribution in [0.2, 0.25) is 0 Å². The smallest absolute Gasteiger partial charge is 0.202 e. The number of allylic oxidation sites excluding steroid dienone is 24. The minimum absolute atomic E-state index is 0.194. The van der Waals surface area contributed by atoms with Crippen LogP contribution in [0.15, 0.2) is 143 Å². The fraction of sp³-hybridized carbons (Fsp3) is 0.778. The van der Waals surface area contributed by atoms with Gasteiger partial charge in [0.1, 0.15) is 0 Å². The summed E-state index contributed by atoms with van der Waals surface area (Å²) in [6.45, 7) is 108. The van der Waals surface area contributed by atoms with E-state index >= 15 is 0 Å². The Kier molecular flexibility index (Phi) is 96.6. The maximum atomic E-state index is 13.1. The van der Waals surface area contributed by atoms with Crippen LogP contribution in [0.4, 0.5) is 35.1 Å². The molecule has 0 amide bonds. The Morgan fingerprint density at radius 3 is 0.526 bits per heavy atom. The summed E-state index contributed by atoms with van der Waals surface area (Å²) < 4.78 is 104. The third-order valence-corrected chi connectivity index (χ3v) is 17.5. The molecule has 0 radical (unpaired) electrons. The van der Waals surface area contributed by atoms with Crippen LogP contribution in [-0.4, -0.2) is 23.7 Å². The maximum Gasteiger partial charge on any atom is 0.268 e. The van der Waals surface area contributed by atoms with Gasteiger partial charge in [0.05, 0.1) is 0 Å². The summed E-state index contributed by atoms with van der Waals surface area (Å²) in [4.78, 5) is 0. The summed E-state index contributed by atoms with van der Waals surface area (Å²) in [5.74, 6) is -1.25. The third kappa shape index (κ3) is 121. The fourth-order valence-corrected chi connectivity index (χ4v) is 7.13. The fourth-order valence-electron chi connectivity index (χ4n) is 7.13. The van der Waals surface area contributed by atoms with Crippen molar-refractivity contribution in [2.75, 3.05) is 0 Å². The van der Waals surface area contributed by atoms with Crippen molar-refractivity contribution in [3.63, 3.8) is 0 Å². The van der Waals surface area contributed by atoms with Crippen LogP contribution >= 0.6 is 0 Å². The lowest BCUT2D eigenvalue weighted by atomic mass is 9.98.